The molecule has 168 valence electrons. The van der Waals surface area contributed by atoms with Gasteiger partial charge in [0.15, 0.2) is 0 Å². The van der Waals surface area contributed by atoms with Crippen LogP contribution in [-0.4, -0.2) is 15.0 Å². The highest BCUT2D eigenvalue weighted by atomic mass is 16.1. The van der Waals surface area contributed by atoms with Gasteiger partial charge in [0, 0.05) is 54.2 Å². The van der Waals surface area contributed by atoms with Crippen LogP contribution in [-0.2, 0) is 18.9 Å². The van der Waals surface area contributed by atoms with E-state index in [1.807, 2.05) is 55.1 Å². The Hall–Kier alpha value is -4.06. The van der Waals surface area contributed by atoms with E-state index in [1.54, 1.807) is 11.6 Å². The lowest BCUT2D eigenvalue weighted by Crippen LogP contribution is -2.16. The third kappa shape index (κ3) is 3.96. The van der Waals surface area contributed by atoms with Crippen molar-refractivity contribution in [2.45, 2.75) is 20.8 Å². The maximum Gasteiger partial charge on any atom is 0.259 e. The Labute approximate surface area is 193 Å². The number of aryl methyl sites for hydroxylation is 5. The summed E-state index contributed by atoms with van der Waals surface area (Å²) in [6.45, 7) is 9.66. The molecule has 2 heterocycles. The van der Waals surface area contributed by atoms with Crippen LogP contribution in [0.3, 0.4) is 0 Å². The van der Waals surface area contributed by atoms with Crippen LogP contribution in [0.1, 0.15) is 16.8 Å². The number of benzene rings is 2. The molecule has 0 fully saturated rings. The van der Waals surface area contributed by atoms with Crippen molar-refractivity contribution in [3.05, 3.63) is 88.5 Å². The van der Waals surface area contributed by atoms with Crippen LogP contribution >= 0.6 is 0 Å². The Kier molecular flexibility index (Phi) is 5.68. The van der Waals surface area contributed by atoms with Crippen LogP contribution in [0.15, 0.2) is 66.1 Å². The molecule has 0 saturated heterocycles. The van der Waals surface area contributed by atoms with Crippen molar-refractivity contribution < 1.29 is 4.79 Å². The van der Waals surface area contributed by atoms with Crippen LogP contribution in [0.5, 0.6) is 0 Å². The van der Waals surface area contributed by atoms with Crippen LogP contribution < -0.4 is 16.2 Å². The lowest BCUT2D eigenvalue weighted by molar-refractivity contribution is -0.111. The van der Waals surface area contributed by atoms with E-state index in [4.69, 9.17) is 0 Å². The van der Waals surface area contributed by atoms with Gasteiger partial charge in [0.1, 0.15) is 0 Å². The fraction of sp³-hybridized carbons (Fsp3) is 0.185. The minimum Gasteiger partial charge on any atom is -0.355 e. The number of aromatic nitrogens is 2. The highest BCUT2D eigenvalue weighted by Crippen LogP contribution is 2.38. The standard InChI is InChI=1S/C27H28N4O2/c1-7-24(32)28-19-11-12-23(29-25-16(2)9-8-10-17(25)3)20(14-19)22-15-30(5)27(33)21-13-18(4)31(6)26(21)22/h7-15,29H,1H2,2-6H3,(H,28,32). The van der Waals surface area contributed by atoms with Gasteiger partial charge in [0.05, 0.1) is 10.9 Å². The quantitative estimate of drug-likeness (QED) is 0.412. The van der Waals surface area contributed by atoms with E-state index in [1.165, 1.54) is 6.08 Å². The van der Waals surface area contributed by atoms with Gasteiger partial charge in [0.2, 0.25) is 5.91 Å². The van der Waals surface area contributed by atoms with Crippen molar-refractivity contribution in [2.24, 2.45) is 14.1 Å². The minimum absolute atomic E-state index is 0.0437. The molecule has 4 rings (SSSR count). The lowest BCUT2D eigenvalue weighted by Gasteiger charge is -2.19. The first-order valence-corrected chi connectivity index (χ1v) is 10.8. The predicted molar refractivity (Wildman–Crippen MR) is 136 cm³/mol. The third-order valence-electron chi connectivity index (χ3n) is 6.10. The summed E-state index contributed by atoms with van der Waals surface area (Å²) in [5.74, 6) is -0.281. The van der Waals surface area contributed by atoms with Gasteiger partial charge in [-0.2, -0.15) is 0 Å². The van der Waals surface area contributed by atoms with Gasteiger partial charge in [0.25, 0.3) is 5.56 Å². The maximum absolute atomic E-state index is 12.9. The second kappa shape index (κ2) is 8.47. The molecule has 0 spiro atoms. The zero-order valence-corrected chi connectivity index (χ0v) is 19.6. The number of rotatable bonds is 5. The zero-order valence-electron chi connectivity index (χ0n) is 19.6. The van der Waals surface area contributed by atoms with E-state index >= 15 is 0 Å². The molecule has 2 aromatic carbocycles. The molecule has 4 aromatic rings. The van der Waals surface area contributed by atoms with Gasteiger partial charge in [-0.15, -0.1) is 0 Å². The number of hydrogen-bond donors (Lipinski definition) is 2. The molecule has 2 aromatic heterocycles. The molecule has 0 bridgehead atoms. The number of amides is 1. The van der Waals surface area contributed by atoms with Crippen LogP contribution in [0, 0.1) is 20.8 Å². The molecule has 0 saturated carbocycles. The first-order valence-electron chi connectivity index (χ1n) is 10.8. The molecule has 1 amide bonds. The van der Waals surface area contributed by atoms with Crippen molar-refractivity contribution in [3.8, 4) is 11.1 Å². The number of pyridine rings is 1. The second-order valence-electron chi connectivity index (χ2n) is 8.41. The monoisotopic (exact) mass is 440 g/mol. The number of anilines is 3. The Balaban J connectivity index is 2.01. The second-order valence-corrected chi connectivity index (χ2v) is 8.41. The summed E-state index contributed by atoms with van der Waals surface area (Å²) in [5, 5.41) is 7.11. The number of nitrogens with zero attached hydrogens (tertiary/aromatic N) is 2. The highest BCUT2D eigenvalue weighted by molar-refractivity contribution is 6.02. The van der Waals surface area contributed by atoms with E-state index < -0.39 is 0 Å². The molecule has 0 radical (unpaired) electrons. The van der Waals surface area contributed by atoms with E-state index in [9.17, 15) is 9.59 Å². The fourth-order valence-corrected chi connectivity index (χ4v) is 4.21. The van der Waals surface area contributed by atoms with Crippen molar-refractivity contribution in [1.82, 2.24) is 9.13 Å². The van der Waals surface area contributed by atoms with Gasteiger partial charge < -0.3 is 19.8 Å². The average Bonchev–Trinajstić information content (AvgIpc) is 3.09. The predicted octanol–water partition coefficient (Wildman–Crippen LogP) is 5.34. The minimum atomic E-state index is -0.281. The zero-order chi connectivity index (χ0) is 23.9. The summed E-state index contributed by atoms with van der Waals surface area (Å²) in [5.41, 5.74) is 8.40. The molecule has 2 N–H and O–H groups in total. The summed E-state index contributed by atoms with van der Waals surface area (Å²) >= 11 is 0. The topological polar surface area (TPSA) is 68.1 Å². The number of fused-ring (bicyclic) bond motifs is 1. The molecule has 0 unspecified atom stereocenters. The molecule has 33 heavy (non-hydrogen) atoms. The van der Waals surface area contributed by atoms with E-state index in [0.717, 1.165) is 44.8 Å². The van der Waals surface area contributed by atoms with Crippen molar-refractivity contribution in [2.75, 3.05) is 10.6 Å². The average molecular weight is 441 g/mol. The highest BCUT2D eigenvalue weighted by Gasteiger charge is 2.18. The normalized spacial score (nSPS) is 10.9. The number of carbonyl (C=O) groups excluding carboxylic acids is 1. The Morgan fingerprint density at radius 2 is 1.70 bits per heavy atom. The Morgan fingerprint density at radius 1 is 1.00 bits per heavy atom. The van der Waals surface area contributed by atoms with Crippen molar-refractivity contribution in [1.29, 1.82) is 0 Å². The van der Waals surface area contributed by atoms with Gasteiger partial charge in [-0.25, -0.2) is 0 Å². The van der Waals surface area contributed by atoms with Crippen molar-refractivity contribution >= 4 is 33.9 Å². The molecule has 6 nitrogen and oxygen atoms in total. The van der Waals surface area contributed by atoms with Crippen LogP contribution in [0.4, 0.5) is 17.1 Å². The largest absolute Gasteiger partial charge is 0.355 e. The fourth-order valence-electron chi connectivity index (χ4n) is 4.21. The summed E-state index contributed by atoms with van der Waals surface area (Å²) in [6.07, 6.45) is 3.10. The molecule has 0 aliphatic heterocycles. The van der Waals surface area contributed by atoms with Crippen LogP contribution in [0.25, 0.3) is 22.0 Å². The molecule has 0 aliphatic rings. The first-order chi connectivity index (χ1) is 15.7. The number of para-hydroxylation sites is 1. The van der Waals surface area contributed by atoms with Gasteiger partial charge >= 0.3 is 0 Å². The number of carbonyl (C=O) groups is 1. The summed E-state index contributed by atoms with van der Waals surface area (Å²) in [7, 11) is 3.72. The van der Waals surface area contributed by atoms with Gasteiger partial charge in [-0.05, 0) is 62.2 Å². The van der Waals surface area contributed by atoms with E-state index in [2.05, 4.69) is 43.2 Å². The van der Waals surface area contributed by atoms with E-state index in [0.29, 0.717) is 11.1 Å². The molecular weight excluding hydrogens is 412 g/mol. The van der Waals surface area contributed by atoms with Crippen molar-refractivity contribution in [3.63, 3.8) is 0 Å². The van der Waals surface area contributed by atoms with Gasteiger partial charge in [-0.3, -0.25) is 9.59 Å². The smallest absolute Gasteiger partial charge is 0.259 e. The maximum atomic E-state index is 12.9. The number of hydrogen-bond acceptors (Lipinski definition) is 3. The Bertz CT molecular complexity index is 1450. The summed E-state index contributed by atoms with van der Waals surface area (Å²) in [4.78, 5) is 24.8. The molecular formula is C27H28N4O2. The summed E-state index contributed by atoms with van der Waals surface area (Å²) in [6, 6.07) is 13.8. The molecule has 6 heteroatoms. The van der Waals surface area contributed by atoms with E-state index in [-0.39, 0.29) is 11.5 Å². The van der Waals surface area contributed by atoms with Crippen LogP contribution in [0.2, 0.25) is 0 Å². The molecule has 0 atom stereocenters. The summed E-state index contributed by atoms with van der Waals surface area (Å²) < 4.78 is 3.64. The first kappa shape index (κ1) is 22.1. The number of nitrogens with one attached hydrogen (secondary N) is 2. The molecule has 0 aliphatic carbocycles. The SMILES string of the molecule is C=CC(=O)Nc1ccc(Nc2c(C)cccc2C)c(-c2cn(C)c(=O)c3cc(C)n(C)c23)c1. The Morgan fingerprint density at radius 3 is 2.36 bits per heavy atom. The van der Waals surface area contributed by atoms with Gasteiger partial charge in [-0.1, -0.05) is 24.8 Å². The third-order valence-corrected chi connectivity index (χ3v) is 6.10. The lowest BCUT2D eigenvalue weighted by atomic mass is 10.0.